The van der Waals surface area contributed by atoms with Crippen LogP contribution in [0.2, 0.25) is 0 Å². The summed E-state index contributed by atoms with van der Waals surface area (Å²) in [5.74, 6) is 0.446. The molecule has 21 heavy (non-hydrogen) atoms. The lowest BCUT2D eigenvalue weighted by atomic mass is 9.99. The molecule has 0 saturated carbocycles. The Bertz CT molecular complexity index is 497. The fourth-order valence-electron chi connectivity index (χ4n) is 2.09. The maximum Gasteiger partial charge on any atom is 0.240 e. The van der Waals surface area contributed by atoms with E-state index < -0.39 is 10.0 Å². The average Bonchev–Trinajstić information content (AvgIpc) is 2.50. The topological polar surface area (TPSA) is 66.4 Å². The Morgan fingerprint density at radius 2 is 1.71 bits per heavy atom. The van der Waals surface area contributed by atoms with Crippen LogP contribution in [0.1, 0.15) is 57.4 Å². The van der Waals surface area contributed by atoms with Gasteiger partial charge >= 0.3 is 0 Å². The zero-order valence-electron chi connectivity index (χ0n) is 13.0. The number of rotatable bonds is 10. The van der Waals surface area contributed by atoms with E-state index >= 15 is 0 Å². The highest BCUT2D eigenvalue weighted by atomic mass is 32.2. The van der Waals surface area contributed by atoms with Crippen LogP contribution in [-0.4, -0.2) is 26.7 Å². The number of hydrogen-bond acceptors (Lipinski definition) is 3. The molecular formula is C16H27NO3S. The van der Waals surface area contributed by atoms with Gasteiger partial charge in [-0.2, -0.15) is 0 Å². The Balaban J connectivity index is 2.50. The Morgan fingerprint density at radius 3 is 2.29 bits per heavy atom. The van der Waals surface area contributed by atoms with E-state index in [0.29, 0.717) is 17.4 Å². The summed E-state index contributed by atoms with van der Waals surface area (Å²) in [4.78, 5) is 0.324. The van der Waals surface area contributed by atoms with Crippen molar-refractivity contribution >= 4 is 10.0 Å². The maximum absolute atomic E-state index is 12.1. The first kappa shape index (κ1) is 18.1. The molecule has 120 valence electrons. The highest BCUT2D eigenvalue weighted by Crippen LogP contribution is 2.20. The second kappa shape index (κ2) is 9.18. The molecule has 0 aliphatic heterocycles. The van der Waals surface area contributed by atoms with Crippen molar-refractivity contribution in [1.29, 1.82) is 0 Å². The van der Waals surface area contributed by atoms with Crippen molar-refractivity contribution in [2.75, 3.05) is 13.2 Å². The Labute approximate surface area is 128 Å². The van der Waals surface area contributed by atoms with Gasteiger partial charge in [-0.15, -0.1) is 0 Å². The summed E-state index contributed by atoms with van der Waals surface area (Å²) in [6.45, 7) is 4.90. The first-order valence-corrected chi connectivity index (χ1v) is 9.20. The molecule has 0 spiro atoms. The molecule has 0 heterocycles. The van der Waals surface area contributed by atoms with Gasteiger partial charge in [-0.05, 0) is 42.9 Å². The van der Waals surface area contributed by atoms with E-state index in [2.05, 4.69) is 18.6 Å². The van der Waals surface area contributed by atoms with Crippen LogP contribution < -0.4 is 4.72 Å². The molecule has 4 nitrogen and oxygen atoms in total. The molecule has 0 aromatic heterocycles. The molecular weight excluding hydrogens is 286 g/mol. The number of nitrogens with one attached hydrogen (secondary N) is 1. The van der Waals surface area contributed by atoms with Gasteiger partial charge in [-0.25, -0.2) is 13.1 Å². The molecule has 0 bridgehead atoms. The molecule has 0 aliphatic rings. The minimum absolute atomic E-state index is 0.203. The second-order valence-electron chi connectivity index (χ2n) is 5.41. The Kier molecular flexibility index (Phi) is 7.93. The molecule has 1 atom stereocenters. The zero-order valence-corrected chi connectivity index (χ0v) is 13.8. The molecule has 2 N–H and O–H groups in total. The quantitative estimate of drug-likeness (QED) is 0.653. The lowest BCUT2D eigenvalue weighted by molar-refractivity contribution is 0.282. The highest BCUT2D eigenvalue weighted by Gasteiger charge is 2.13. The lowest BCUT2D eigenvalue weighted by Crippen LogP contribution is -2.24. The minimum Gasteiger partial charge on any atom is -0.396 e. The van der Waals surface area contributed by atoms with E-state index in [4.69, 9.17) is 5.11 Å². The largest absolute Gasteiger partial charge is 0.396 e. The van der Waals surface area contributed by atoms with Gasteiger partial charge in [-0.1, -0.05) is 38.8 Å². The fourth-order valence-corrected chi connectivity index (χ4v) is 3.17. The lowest BCUT2D eigenvalue weighted by Gasteiger charge is -2.11. The van der Waals surface area contributed by atoms with Crippen molar-refractivity contribution in [3.05, 3.63) is 29.8 Å². The van der Waals surface area contributed by atoms with Crippen LogP contribution in [0.5, 0.6) is 0 Å². The van der Waals surface area contributed by atoms with Crippen LogP contribution in [-0.2, 0) is 10.0 Å². The molecule has 1 aromatic rings. The van der Waals surface area contributed by atoms with Crippen LogP contribution in [0.3, 0.4) is 0 Å². The zero-order chi connectivity index (χ0) is 15.7. The van der Waals surface area contributed by atoms with Gasteiger partial charge in [0.2, 0.25) is 10.0 Å². The van der Waals surface area contributed by atoms with Gasteiger partial charge in [-0.3, -0.25) is 0 Å². The molecule has 0 saturated heterocycles. The van der Waals surface area contributed by atoms with E-state index in [1.807, 2.05) is 12.1 Å². The third-order valence-corrected chi connectivity index (χ3v) is 5.23. The SMILES string of the molecule is CCC(C)c1ccc(S(=O)(=O)NCCCCCCO)cc1. The number of aliphatic hydroxyl groups excluding tert-OH is 1. The van der Waals surface area contributed by atoms with Crippen LogP contribution in [0.4, 0.5) is 0 Å². The van der Waals surface area contributed by atoms with Crippen molar-refractivity contribution in [3.63, 3.8) is 0 Å². The minimum atomic E-state index is -3.40. The standard InChI is InChI=1S/C16H27NO3S/c1-3-14(2)15-8-10-16(11-9-15)21(19,20)17-12-6-4-5-7-13-18/h8-11,14,17-18H,3-7,12-13H2,1-2H3. The predicted octanol–water partition coefficient (Wildman–Crippen LogP) is 3.03. The average molecular weight is 313 g/mol. The summed E-state index contributed by atoms with van der Waals surface area (Å²) >= 11 is 0. The van der Waals surface area contributed by atoms with Gasteiger partial charge in [0.25, 0.3) is 0 Å². The summed E-state index contributed by atoms with van der Waals surface area (Å²) in [6.07, 6.45) is 4.48. The highest BCUT2D eigenvalue weighted by molar-refractivity contribution is 7.89. The van der Waals surface area contributed by atoms with E-state index in [1.54, 1.807) is 12.1 Å². The summed E-state index contributed by atoms with van der Waals surface area (Å²) in [6, 6.07) is 7.14. The molecule has 1 aromatic carbocycles. The molecule has 0 fully saturated rings. The van der Waals surface area contributed by atoms with Crippen LogP contribution in [0.25, 0.3) is 0 Å². The predicted molar refractivity (Wildman–Crippen MR) is 85.9 cm³/mol. The van der Waals surface area contributed by atoms with Crippen LogP contribution >= 0.6 is 0 Å². The third-order valence-electron chi connectivity index (χ3n) is 3.75. The van der Waals surface area contributed by atoms with Crippen molar-refractivity contribution < 1.29 is 13.5 Å². The van der Waals surface area contributed by atoms with Crippen LogP contribution in [0.15, 0.2) is 29.2 Å². The van der Waals surface area contributed by atoms with Gasteiger partial charge in [0.1, 0.15) is 0 Å². The van der Waals surface area contributed by atoms with E-state index in [-0.39, 0.29) is 6.61 Å². The normalized spacial score (nSPS) is 13.3. The Morgan fingerprint density at radius 1 is 1.10 bits per heavy atom. The molecule has 1 unspecified atom stereocenters. The molecule has 0 radical (unpaired) electrons. The van der Waals surface area contributed by atoms with Gasteiger partial charge in [0, 0.05) is 13.2 Å². The smallest absolute Gasteiger partial charge is 0.240 e. The summed E-state index contributed by atoms with van der Waals surface area (Å²) in [5.41, 5.74) is 1.17. The number of sulfonamides is 1. The summed E-state index contributed by atoms with van der Waals surface area (Å²) in [7, 11) is -3.40. The number of benzene rings is 1. The van der Waals surface area contributed by atoms with E-state index in [9.17, 15) is 8.42 Å². The number of unbranched alkanes of at least 4 members (excludes halogenated alkanes) is 3. The summed E-state index contributed by atoms with van der Waals surface area (Å²) in [5, 5.41) is 8.67. The van der Waals surface area contributed by atoms with Gasteiger partial charge in [0.05, 0.1) is 4.90 Å². The molecule has 0 aliphatic carbocycles. The van der Waals surface area contributed by atoms with Gasteiger partial charge < -0.3 is 5.11 Å². The number of hydrogen-bond donors (Lipinski definition) is 2. The monoisotopic (exact) mass is 313 g/mol. The van der Waals surface area contributed by atoms with Gasteiger partial charge in [0.15, 0.2) is 0 Å². The number of aliphatic hydroxyl groups is 1. The van der Waals surface area contributed by atoms with E-state index in [1.165, 1.54) is 5.56 Å². The molecule has 5 heteroatoms. The van der Waals surface area contributed by atoms with Crippen molar-refractivity contribution in [1.82, 2.24) is 4.72 Å². The fraction of sp³-hybridized carbons (Fsp3) is 0.625. The molecule has 1 rings (SSSR count). The maximum atomic E-state index is 12.1. The summed E-state index contributed by atoms with van der Waals surface area (Å²) < 4.78 is 26.9. The first-order chi connectivity index (χ1) is 10.0. The molecule has 0 amide bonds. The van der Waals surface area contributed by atoms with Crippen molar-refractivity contribution in [2.24, 2.45) is 0 Å². The Hall–Kier alpha value is -0.910. The third kappa shape index (κ3) is 6.16. The van der Waals surface area contributed by atoms with E-state index in [0.717, 1.165) is 32.1 Å². The van der Waals surface area contributed by atoms with Crippen LogP contribution in [0, 0.1) is 0 Å². The second-order valence-corrected chi connectivity index (χ2v) is 7.18. The van der Waals surface area contributed by atoms with Crippen molar-refractivity contribution in [3.8, 4) is 0 Å². The van der Waals surface area contributed by atoms with Crippen molar-refractivity contribution in [2.45, 2.75) is 56.8 Å². The first-order valence-electron chi connectivity index (χ1n) is 7.71.